The van der Waals surface area contributed by atoms with Gasteiger partial charge in [0.15, 0.2) is 0 Å². The first kappa shape index (κ1) is 11.3. The van der Waals surface area contributed by atoms with Crippen molar-refractivity contribution in [3.8, 4) is 0 Å². The molecular weight excluding hydrogens is 206 g/mol. The maximum Gasteiger partial charge on any atom is 0.00104 e. The van der Waals surface area contributed by atoms with E-state index in [4.69, 9.17) is 0 Å². The molecule has 0 radical (unpaired) electrons. The molecule has 0 aliphatic heterocycles. The predicted molar refractivity (Wildman–Crippen MR) is 72.4 cm³/mol. The van der Waals surface area contributed by atoms with Gasteiger partial charge in [-0.2, -0.15) is 0 Å². The maximum atomic E-state index is 3.60. The molecule has 0 saturated heterocycles. The minimum Gasteiger partial charge on any atom is -0.314 e. The van der Waals surface area contributed by atoms with Gasteiger partial charge in [0.25, 0.3) is 0 Å². The SMILES string of the molecule is Cc1ccc2c(c1)C1(CC2)CC1CNC(C)C. The number of hydrogen-bond donors (Lipinski definition) is 1. The molecule has 3 rings (SSSR count). The topological polar surface area (TPSA) is 12.0 Å². The number of aryl methyl sites for hydroxylation is 2. The molecule has 1 N–H and O–H groups in total. The van der Waals surface area contributed by atoms with Gasteiger partial charge in [-0.1, -0.05) is 37.6 Å². The first-order valence-corrected chi connectivity index (χ1v) is 6.95. The van der Waals surface area contributed by atoms with Gasteiger partial charge in [0.2, 0.25) is 0 Å². The molecule has 1 nitrogen and oxygen atoms in total. The third-order valence-corrected chi connectivity index (χ3v) is 4.65. The second kappa shape index (κ2) is 3.84. The number of benzene rings is 1. The predicted octanol–water partition coefficient (Wildman–Crippen LogP) is 3.20. The zero-order chi connectivity index (χ0) is 12.0. The Morgan fingerprint density at radius 3 is 3.00 bits per heavy atom. The summed E-state index contributed by atoms with van der Waals surface area (Å²) in [5.41, 5.74) is 5.27. The number of nitrogens with one attached hydrogen (secondary N) is 1. The van der Waals surface area contributed by atoms with Crippen LogP contribution < -0.4 is 5.32 Å². The number of fused-ring (bicyclic) bond motifs is 2. The lowest BCUT2D eigenvalue weighted by molar-refractivity contribution is 0.511. The van der Waals surface area contributed by atoms with E-state index in [0.29, 0.717) is 11.5 Å². The smallest absolute Gasteiger partial charge is 0.00104 e. The van der Waals surface area contributed by atoms with Gasteiger partial charge in [0.1, 0.15) is 0 Å². The highest BCUT2D eigenvalue weighted by Gasteiger charge is 2.57. The molecule has 1 aromatic rings. The summed E-state index contributed by atoms with van der Waals surface area (Å²) in [4.78, 5) is 0. The van der Waals surface area contributed by atoms with Crippen molar-refractivity contribution >= 4 is 0 Å². The quantitative estimate of drug-likeness (QED) is 0.839. The minimum atomic E-state index is 0.559. The minimum absolute atomic E-state index is 0.559. The summed E-state index contributed by atoms with van der Waals surface area (Å²) in [5.74, 6) is 0.882. The highest BCUT2D eigenvalue weighted by molar-refractivity contribution is 5.47. The molecule has 2 aliphatic carbocycles. The summed E-state index contributed by atoms with van der Waals surface area (Å²) < 4.78 is 0. The Morgan fingerprint density at radius 1 is 1.41 bits per heavy atom. The molecule has 2 unspecified atom stereocenters. The fourth-order valence-corrected chi connectivity index (χ4v) is 3.53. The Bertz CT molecular complexity index is 435. The largest absolute Gasteiger partial charge is 0.314 e. The van der Waals surface area contributed by atoms with Crippen LogP contribution in [0.5, 0.6) is 0 Å². The van der Waals surface area contributed by atoms with E-state index in [2.05, 4.69) is 44.3 Å². The van der Waals surface area contributed by atoms with Gasteiger partial charge < -0.3 is 5.32 Å². The summed E-state index contributed by atoms with van der Waals surface area (Å²) in [5, 5.41) is 3.60. The van der Waals surface area contributed by atoms with Crippen molar-refractivity contribution < 1.29 is 0 Å². The van der Waals surface area contributed by atoms with E-state index in [-0.39, 0.29) is 0 Å². The second-order valence-electron chi connectivity index (χ2n) is 6.28. The fourth-order valence-electron chi connectivity index (χ4n) is 3.53. The molecule has 1 saturated carbocycles. The zero-order valence-electron chi connectivity index (χ0n) is 11.2. The van der Waals surface area contributed by atoms with Crippen LogP contribution in [0.1, 0.15) is 43.4 Å². The Balaban J connectivity index is 1.78. The van der Waals surface area contributed by atoms with Crippen LogP contribution in [-0.4, -0.2) is 12.6 Å². The fraction of sp³-hybridized carbons (Fsp3) is 0.625. The van der Waals surface area contributed by atoms with Crippen molar-refractivity contribution in [1.29, 1.82) is 0 Å². The Kier molecular flexibility index (Phi) is 2.55. The van der Waals surface area contributed by atoms with E-state index in [1.54, 1.807) is 11.1 Å². The van der Waals surface area contributed by atoms with Crippen molar-refractivity contribution in [1.82, 2.24) is 5.32 Å². The molecular formula is C16H23N. The summed E-state index contributed by atoms with van der Waals surface area (Å²) in [6.45, 7) is 7.89. The molecule has 92 valence electrons. The van der Waals surface area contributed by atoms with Crippen molar-refractivity contribution in [2.75, 3.05) is 6.54 Å². The van der Waals surface area contributed by atoms with E-state index in [0.717, 1.165) is 5.92 Å². The highest BCUT2D eigenvalue weighted by Crippen LogP contribution is 2.61. The van der Waals surface area contributed by atoms with E-state index in [1.807, 2.05) is 0 Å². The zero-order valence-corrected chi connectivity index (χ0v) is 11.2. The average molecular weight is 229 g/mol. The van der Waals surface area contributed by atoms with Crippen LogP contribution in [-0.2, 0) is 11.8 Å². The summed E-state index contributed by atoms with van der Waals surface area (Å²) >= 11 is 0. The van der Waals surface area contributed by atoms with Gasteiger partial charge in [0, 0.05) is 11.5 Å². The van der Waals surface area contributed by atoms with Gasteiger partial charge in [-0.25, -0.2) is 0 Å². The van der Waals surface area contributed by atoms with Crippen molar-refractivity contribution in [2.24, 2.45) is 5.92 Å². The van der Waals surface area contributed by atoms with Gasteiger partial charge in [-0.3, -0.25) is 0 Å². The van der Waals surface area contributed by atoms with Crippen LogP contribution in [0.3, 0.4) is 0 Å². The standard InChI is InChI=1S/C16H23N/c1-11(2)17-10-14-9-16(14)7-6-13-5-4-12(3)8-15(13)16/h4-5,8,11,14,17H,6-7,9-10H2,1-3H3. The normalized spacial score (nSPS) is 30.0. The van der Waals surface area contributed by atoms with Gasteiger partial charge >= 0.3 is 0 Å². The Labute approximate surface area is 105 Å². The Hall–Kier alpha value is -0.820. The monoisotopic (exact) mass is 229 g/mol. The summed E-state index contributed by atoms with van der Waals surface area (Å²) in [7, 11) is 0. The van der Waals surface area contributed by atoms with Gasteiger partial charge in [-0.15, -0.1) is 0 Å². The van der Waals surface area contributed by atoms with E-state index < -0.39 is 0 Å². The van der Waals surface area contributed by atoms with Crippen LogP contribution in [0.4, 0.5) is 0 Å². The molecule has 2 aliphatic rings. The molecule has 0 heterocycles. The lowest BCUT2D eigenvalue weighted by Crippen LogP contribution is -2.27. The Morgan fingerprint density at radius 2 is 2.24 bits per heavy atom. The molecule has 17 heavy (non-hydrogen) atoms. The van der Waals surface area contributed by atoms with Crippen LogP contribution in [0.25, 0.3) is 0 Å². The first-order valence-electron chi connectivity index (χ1n) is 6.95. The molecule has 1 spiro atoms. The van der Waals surface area contributed by atoms with E-state index in [9.17, 15) is 0 Å². The van der Waals surface area contributed by atoms with Crippen molar-refractivity contribution in [2.45, 2.75) is 51.5 Å². The van der Waals surface area contributed by atoms with E-state index >= 15 is 0 Å². The lowest BCUT2D eigenvalue weighted by Gasteiger charge is -2.14. The second-order valence-corrected chi connectivity index (χ2v) is 6.28. The molecule has 0 bridgehead atoms. The van der Waals surface area contributed by atoms with Crippen molar-refractivity contribution in [3.05, 3.63) is 34.9 Å². The van der Waals surface area contributed by atoms with Crippen molar-refractivity contribution in [3.63, 3.8) is 0 Å². The van der Waals surface area contributed by atoms with Gasteiger partial charge in [-0.05, 0) is 49.8 Å². The third-order valence-electron chi connectivity index (χ3n) is 4.65. The molecule has 1 heteroatoms. The lowest BCUT2D eigenvalue weighted by atomic mass is 9.94. The third kappa shape index (κ3) is 1.81. The number of hydrogen-bond acceptors (Lipinski definition) is 1. The molecule has 1 aromatic carbocycles. The first-order chi connectivity index (χ1) is 8.12. The summed E-state index contributed by atoms with van der Waals surface area (Å²) in [6, 6.07) is 7.68. The maximum absolute atomic E-state index is 3.60. The molecule has 0 amide bonds. The van der Waals surface area contributed by atoms with E-state index in [1.165, 1.54) is 31.4 Å². The van der Waals surface area contributed by atoms with Crippen LogP contribution >= 0.6 is 0 Å². The summed E-state index contributed by atoms with van der Waals surface area (Å²) in [6.07, 6.45) is 4.09. The van der Waals surface area contributed by atoms with Crippen LogP contribution in [0.2, 0.25) is 0 Å². The van der Waals surface area contributed by atoms with Gasteiger partial charge in [0.05, 0.1) is 0 Å². The molecule has 1 fully saturated rings. The highest BCUT2D eigenvalue weighted by atomic mass is 14.9. The number of rotatable bonds is 3. The van der Waals surface area contributed by atoms with Crippen LogP contribution in [0.15, 0.2) is 18.2 Å². The average Bonchev–Trinajstić information content (AvgIpc) is 2.88. The molecule has 2 atom stereocenters. The van der Waals surface area contributed by atoms with Crippen LogP contribution in [0, 0.1) is 12.8 Å². The molecule has 0 aromatic heterocycles.